The smallest absolute Gasteiger partial charge is 0.223 e. The molecule has 6 nitrogen and oxygen atoms in total. The number of methoxy groups -OCH3 is 1. The van der Waals surface area contributed by atoms with Gasteiger partial charge in [0.2, 0.25) is 5.91 Å². The standard InChI is InChI=1S/C25H30N4O2/c1-18(2)25-26-15-17-29(25)23-8-4-6-21(27-23)22-7-5-16-28(22)24(30)14-11-19-9-12-20(31-3)13-10-19/h4,6,8-10,12-13,15,17-18,22H,5,7,11,14,16H2,1-3H3/t22-/m0/s1. The molecule has 2 aromatic heterocycles. The molecule has 1 fully saturated rings. The van der Waals surface area contributed by atoms with Crippen LogP contribution in [0.2, 0.25) is 0 Å². The Morgan fingerprint density at radius 3 is 2.74 bits per heavy atom. The van der Waals surface area contributed by atoms with Crippen LogP contribution in [-0.4, -0.2) is 39.0 Å². The second-order valence-corrected chi connectivity index (χ2v) is 8.32. The lowest BCUT2D eigenvalue weighted by atomic mass is 10.1. The number of imidazole rings is 1. The van der Waals surface area contributed by atoms with Gasteiger partial charge in [-0.3, -0.25) is 9.36 Å². The lowest BCUT2D eigenvalue weighted by Crippen LogP contribution is -2.31. The van der Waals surface area contributed by atoms with Gasteiger partial charge in [0.1, 0.15) is 17.4 Å². The van der Waals surface area contributed by atoms with E-state index in [1.54, 1.807) is 7.11 Å². The number of hydrogen-bond acceptors (Lipinski definition) is 4. The molecule has 0 spiro atoms. The third-order valence-corrected chi connectivity index (χ3v) is 5.89. The van der Waals surface area contributed by atoms with E-state index in [0.717, 1.165) is 54.5 Å². The van der Waals surface area contributed by atoms with Crippen LogP contribution in [0.1, 0.15) is 62.2 Å². The second-order valence-electron chi connectivity index (χ2n) is 8.32. The molecule has 1 aliphatic rings. The molecule has 3 aromatic rings. The number of aryl methyl sites for hydroxylation is 1. The molecule has 0 saturated carbocycles. The summed E-state index contributed by atoms with van der Waals surface area (Å²) < 4.78 is 7.25. The number of amides is 1. The highest BCUT2D eigenvalue weighted by molar-refractivity contribution is 5.77. The van der Waals surface area contributed by atoms with Crippen molar-refractivity contribution in [1.82, 2.24) is 19.4 Å². The molecule has 1 aliphatic heterocycles. The SMILES string of the molecule is COc1ccc(CCC(=O)N2CCC[C@H]2c2cccc(-n3ccnc3C(C)C)n2)cc1. The van der Waals surface area contributed by atoms with Crippen molar-refractivity contribution >= 4 is 5.91 Å². The zero-order valence-corrected chi connectivity index (χ0v) is 18.5. The molecule has 1 amide bonds. The second kappa shape index (κ2) is 9.33. The third-order valence-electron chi connectivity index (χ3n) is 5.89. The molecular weight excluding hydrogens is 388 g/mol. The predicted octanol–water partition coefficient (Wildman–Crippen LogP) is 4.70. The molecule has 1 aromatic carbocycles. The average Bonchev–Trinajstić information content (AvgIpc) is 3.48. The summed E-state index contributed by atoms with van der Waals surface area (Å²) >= 11 is 0. The predicted molar refractivity (Wildman–Crippen MR) is 120 cm³/mol. The summed E-state index contributed by atoms with van der Waals surface area (Å²) in [6.07, 6.45) is 6.95. The van der Waals surface area contributed by atoms with Crippen LogP contribution in [0.4, 0.5) is 0 Å². The number of carbonyl (C=O) groups excluding carboxylic acids is 1. The summed E-state index contributed by atoms with van der Waals surface area (Å²) in [7, 11) is 1.66. The lowest BCUT2D eigenvalue weighted by molar-refractivity contribution is -0.132. The molecule has 0 bridgehead atoms. The van der Waals surface area contributed by atoms with Crippen LogP contribution in [0.5, 0.6) is 5.75 Å². The van der Waals surface area contributed by atoms with E-state index < -0.39 is 0 Å². The first-order chi connectivity index (χ1) is 15.1. The number of carbonyl (C=O) groups is 1. The van der Waals surface area contributed by atoms with Crippen LogP contribution < -0.4 is 4.74 Å². The molecule has 0 unspecified atom stereocenters. The Morgan fingerprint density at radius 1 is 1.19 bits per heavy atom. The zero-order valence-electron chi connectivity index (χ0n) is 18.5. The van der Waals surface area contributed by atoms with Crippen LogP contribution >= 0.6 is 0 Å². The average molecular weight is 419 g/mol. The van der Waals surface area contributed by atoms with Crippen molar-refractivity contribution in [2.75, 3.05) is 13.7 Å². The fraction of sp³-hybridized carbons (Fsp3) is 0.400. The maximum atomic E-state index is 13.0. The summed E-state index contributed by atoms with van der Waals surface area (Å²) in [5.41, 5.74) is 2.10. The number of rotatable bonds is 7. The highest BCUT2D eigenvalue weighted by Crippen LogP contribution is 2.32. The number of hydrogen-bond donors (Lipinski definition) is 0. The van der Waals surface area contributed by atoms with Crippen molar-refractivity contribution < 1.29 is 9.53 Å². The summed E-state index contributed by atoms with van der Waals surface area (Å²) in [5.74, 6) is 3.18. The van der Waals surface area contributed by atoms with Crippen LogP contribution in [0.15, 0.2) is 54.9 Å². The van der Waals surface area contributed by atoms with Gasteiger partial charge < -0.3 is 9.64 Å². The Balaban J connectivity index is 1.47. The molecule has 1 saturated heterocycles. The molecule has 0 aliphatic carbocycles. The van der Waals surface area contributed by atoms with Gasteiger partial charge in [0, 0.05) is 31.3 Å². The number of pyridine rings is 1. The van der Waals surface area contributed by atoms with E-state index in [1.165, 1.54) is 0 Å². The van der Waals surface area contributed by atoms with E-state index in [2.05, 4.69) is 18.8 Å². The van der Waals surface area contributed by atoms with Crippen molar-refractivity contribution in [2.45, 2.75) is 51.5 Å². The number of nitrogens with zero attached hydrogens (tertiary/aromatic N) is 4. The van der Waals surface area contributed by atoms with Gasteiger partial charge in [0.05, 0.1) is 18.8 Å². The van der Waals surface area contributed by atoms with Crippen LogP contribution in [0.25, 0.3) is 5.82 Å². The van der Waals surface area contributed by atoms with Gasteiger partial charge in [-0.05, 0) is 49.1 Å². The van der Waals surface area contributed by atoms with E-state index in [1.807, 2.05) is 64.3 Å². The topological polar surface area (TPSA) is 60.2 Å². The Bertz CT molecular complexity index is 1030. The van der Waals surface area contributed by atoms with E-state index >= 15 is 0 Å². The molecule has 0 N–H and O–H groups in total. The van der Waals surface area contributed by atoms with Crippen LogP contribution in [-0.2, 0) is 11.2 Å². The van der Waals surface area contributed by atoms with Gasteiger partial charge in [-0.25, -0.2) is 9.97 Å². The minimum atomic E-state index is 0.0364. The largest absolute Gasteiger partial charge is 0.497 e. The third kappa shape index (κ3) is 4.63. The Kier molecular flexibility index (Phi) is 6.35. The lowest BCUT2D eigenvalue weighted by Gasteiger charge is -2.25. The summed E-state index contributed by atoms with van der Waals surface area (Å²) in [5, 5.41) is 0. The van der Waals surface area contributed by atoms with Crippen molar-refractivity contribution in [3.63, 3.8) is 0 Å². The fourth-order valence-corrected chi connectivity index (χ4v) is 4.26. The van der Waals surface area contributed by atoms with Gasteiger partial charge >= 0.3 is 0 Å². The molecule has 3 heterocycles. The van der Waals surface area contributed by atoms with Gasteiger partial charge in [-0.1, -0.05) is 32.0 Å². The minimum absolute atomic E-state index is 0.0364. The Hall–Kier alpha value is -3.15. The fourth-order valence-electron chi connectivity index (χ4n) is 4.26. The Labute approximate surface area is 183 Å². The molecular formula is C25H30N4O2. The normalized spacial score (nSPS) is 16.1. The first-order valence-electron chi connectivity index (χ1n) is 11.0. The number of likely N-dealkylation sites (tertiary alicyclic amines) is 1. The highest BCUT2D eigenvalue weighted by atomic mass is 16.5. The summed E-state index contributed by atoms with van der Waals surface area (Å²) in [4.78, 5) is 24.5. The quantitative estimate of drug-likeness (QED) is 0.558. The molecule has 0 radical (unpaired) electrons. The maximum Gasteiger partial charge on any atom is 0.223 e. The first kappa shape index (κ1) is 21.1. The van der Waals surface area contributed by atoms with E-state index in [-0.39, 0.29) is 11.9 Å². The number of ether oxygens (including phenoxy) is 1. The highest BCUT2D eigenvalue weighted by Gasteiger charge is 2.30. The van der Waals surface area contributed by atoms with Crippen LogP contribution in [0.3, 0.4) is 0 Å². The van der Waals surface area contributed by atoms with Crippen molar-refractivity contribution in [1.29, 1.82) is 0 Å². The summed E-state index contributed by atoms with van der Waals surface area (Å²) in [6.45, 7) is 5.05. The Morgan fingerprint density at radius 2 is 2.00 bits per heavy atom. The molecule has 31 heavy (non-hydrogen) atoms. The summed E-state index contributed by atoms with van der Waals surface area (Å²) in [6, 6.07) is 14.0. The van der Waals surface area contributed by atoms with Gasteiger partial charge in [-0.2, -0.15) is 0 Å². The van der Waals surface area contributed by atoms with E-state index in [0.29, 0.717) is 12.3 Å². The molecule has 1 atom stereocenters. The molecule has 4 rings (SSSR count). The van der Waals surface area contributed by atoms with E-state index in [9.17, 15) is 4.79 Å². The number of benzene rings is 1. The maximum absolute atomic E-state index is 13.0. The van der Waals surface area contributed by atoms with Crippen molar-refractivity contribution in [3.8, 4) is 11.6 Å². The van der Waals surface area contributed by atoms with Gasteiger partial charge in [0.25, 0.3) is 0 Å². The molecule has 162 valence electrons. The van der Waals surface area contributed by atoms with Gasteiger partial charge in [-0.15, -0.1) is 0 Å². The monoisotopic (exact) mass is 418 g/mol. The van der Waals surface area contributed by atoms with Crippen LogP contribution in [0, 0.1) is 0 Å². The number of aromatic nitrogens is 3. The van der Waals surface area contributed by atoms with E-state index in [4.69, 9.17) is 9.72 Å². The molecule has 6 heteroatoms. The van der Waals surface area contributed by atoms with Gasteiger partial charge in [0.15, 0.2) is 0 Å². The van der Waals surface area contributed by atoms with Crippen molar-refractivity contribution in [2.24, 2.45) is 0 Å². The van der Waals surface area contributed by atoms with Crippen molar-refractivity contribution in [3.05, 3.63) is 71.9 Å². The zero-order chi connectivity index (χ0) is 21.8. The first-order valence-corrected chi connectivity index (χ1v) is 11.0. The minimum Gasteiger partial charge on any atom is -0.497 e.